The Morgan fingerprint density at radius 2 is 1.89 bits per heavy atom. The second-order valence-corrected chi connectivity index (χ2v) is 8.81. The van der Waals surface area contributed by atoms with Crippen molar-refractivity contribution < 1.29 is 8.42 Å². The third kappa shape index (κ3) is 3.23. The molecule has 1 aliphatic rings. The molecule has 1 aromatic rings. The number of hydrogen-bond acceptors (Lipinski definition) is 2. The Kier molecular flexibility index (Phi) is 4.75. The van der Waals surface area contributed by atoms with Crippen LogP contribution in [0.4, 0.5) is 0 Å². The molecule has 0 aliphatic carbocycles. The van der Waals surface area contributed by atoms with Crippen molar-refractivity contribution in [3.05, 3.63) is 27.1 Å². The minimum atomic E-state index is -3.44. The summed E-state index contributed by atoms with van der Waals surface area (Å²) in [5, 5.41) is 0. The van der Waals surface area contributed by atoms with Gasteiger partial charge in [-0.1, -0.05) is 22.9 Å². The quantitative estimate of drug-likeness (QED) is 0.738. The van der Waals surface area contributed by atoms with E-state index in [1.807, 2.05) is 13.0 Å². The summed E-state index contributed by atoms with van der Waals surface area (Å²) >= 11 is 6.68. The number of halogens is 2. The van der Waals surface area contributed by atoms with Crippen molar-refractivity contribution in [1.82, 2.24) is 4.31 Å². The van der Waals surface area contributed by atoms with Gasteiger partial charge in [0, 0.05) is 21.5 Å². The van der Waals surface area contributed by atoms with Crippen LogP contribution < -0.4 is 0 Å². The number of hydrogen-bond donors (Lipinski definition) is 0. The standard InChI is InChI=1S/C13H17Br2NO2S/c1-9-3-4-10(2)16(8-9)19(17,18)13-7-11(14)5-6-12(13)15/h5-7,9-10H,3-4,8H2,1-2H3. The minimum absolute atomic E-state index is 0.0621. The molecule has 1 saturated heterocycles. The van der Waals surface area contributed by atoms with Crippen LogP contribution in [0.25, 0.3) is 0 Å². The third-order valence-electron chi connectivity index (χ3n) is 3.54. The molecule has 1 aromatic carbocycles. The molecule has 0 N–H and O–H groups in total. The van der Waals surface area contributed by atoms with Crippen molar-refractivity contribution in [3.8, 4) is 0 Å². The zero-order chi connectivity index (χ0) is 14.2. The molecule has 0 bridgehead atoms. The lowest BCUT2D eigenvalue weighted by Crippen LogP contribution is -2.44. The van der Waals surface area contributed by atoms with Gasteiger partial charge < -0.3 is 0 Å². The first-order chi connectivity index (χ1) is 8.82. The summed E-state index contributed by atoms with van der Waals surface area (Å²) in [6.45, 7) is 4.68. The van der Waals surface area contributed by atoms with Crippen LogP contribution in [-0.2, 0) is 10.0 Å². The SMILES string of the molecule is CC1CCC(C)N(S(=O)(=O)c2cc(Br)ccc2Br)C1. The first-order valence-electron chi connectivity index (χ1n) is 6.29. The largest absolute Gasteiger partial charge is 0.244 e. The number of benzene rings is 1. The van der Waals surface area contributed by atoms with Crippen LogP contribution in [0.2, 0.25) is 0 Å². The van der Waals surface area contributed by atoms with Gasteiger partial charge in [0.1, 0.15) is 0 Å². The van der Waals surface area contributed by atoms with E-state index >= 15 is 0 Å². The fraction of sp³-hybridized carbons (Fsp3) is 0.538. The van der Waals surface area contributed by atoms with Gasteiger partial charge in [-0.2, -0.15) is 4.31 Å². The highest BCUT2D eigenvalue weighted by molar-refractivity contribution is 9.11. The minimum Gasteiger partial charge on any atom is -0.207 e. The fourth-order valence-corrected chi connectivity index (χ4v) is 5.63. The second-order valence-electron chi connectivity index (χ2n) is 5.18. The molecule has 0 saturated carbocycles. The van der Waals surface area contributed by atoms with E-state index in [4.69, 9.17) is 0 Å². The lowest BCUT2D eigenvalue weighted by molar-refractivity contribution is 0.218. The van der Waals surface area contributed by atoms with E-state index in [0.29, 0.717) is 21.8 Å². The number of rotatable bonds is 2. The van der Waals surface area contributed by atoms with Gasteiger partial charge in [0.15, 0.2) is 0 Å². The van der Waals surface area contributed by atoms with Gasteiger partial charge in [-0.05, 0) is 59.8 Å². The van der Waals surface area contributed by atoms with Crippen LogP contribution in [-0.4, -0.2) is 25.3 Å². The van der Waals surface area contributed by atoms with Crippen LogP contribution in [0.3, 0.4) is 0 Å². The molecule has 2 unspecified atom stereocenters. The maximum absolute atomic E-state index is 12.8. The molecule has 0 aromatic heterocycles. The van der Waals surface area contributed by atoms with Gasteiger partial charge in [-0.25, -0.2) is 8.42 Å². The van der Waals surface area contributed by atoms with Crippen LogP contribution in [0, 0.1) is 5.92 Å². The summed E-state index contributed by atoms with van der Waals surface area (Å²) in [6, 6.07) is 5.30. The molecule has 106 valence electrons. The van der Waals surface area contributed by atoms with Crippen LogP contribution in [0.5, 0.6) is 0 Å². The second kappa shape index (κ2) is 5.84. The first-order valence-corrected chi connectivity index (χ1v) is 9.32. The average molecular weight is 411 g/mol. The van der Waals surface area contributed by atoms with Crippen LogP contribution >= 0.6 is 31.9 Å². The Morgan fingerprint density at radius 1 is 1.21 bits per heavy atom. The molecule has 1 aliphatic heterocycles. The Morgan fingerprint density at radius 3 is 2.58 bits per heavy atom. The third-order valence-corrected chi connectivity index (χ3v) is 7.01. The molecule has 0 amide bonds. The number of piperidine rings is 1. The van der Waals surface area contributed by atoms with E-state index in [-0.39, 0.29) is 6.04 Å². The van der Waals surface area contributed by atoms with Crippen LogP contribution in [0.1, 0.15) is 26.7 Å². The van der Waals surface area contributed by atoms with Gasteiger partial charge >= 0.3 is 0 Å². The Balaban J connectivity index is 2.44. The molecule has 3 nitrogen and oxygen atoms in total. The molecular weight excluding hydrogens is 394 g/mol. The topological polar surface area (TPSA) is 37.4 Å². The molecule has 2 rings (SSSR count). The molecule has 6 heteroatoms. The summed E-state index contributed by atoms with van der Waals surface area (Å²) < 4.78 is 28.6. The Bertz CT molecular complexity index is 574. The van der Waals surface area contributed by atoms with Crippen molar-refractivity contribution in [3.63, 3.8) is 0 Å². The maximum atomic E-state index is 12.8. The van der Waals surface area contributed by atoms with Crippen molar-refractivity contribution in [1.29, 1.82) is 0 Å². The van der Waals surface area contributed by atoms with E-state index in [2.05, 4.69) is 38.8 Å². The molecular formula is C13H17Br2NO2S. The van der Waals surface area contributed by atoms with Gasteiger partial charge in [0.2, 0.25) is 10.0 Å². The van der Waals surface area contributed by atoms with Crippen LogP contribution in [0.15, 0.2) is 32.0 Å². The van der Waals surface area contributed by atoms with Gasteiger partial charge in [-0.15, -0.1) is 0 Å². The van der Waals surface area contributed by atoms with Gasteiger partial charge in [-0.3, -0.25) is 0 Å². The zero-order valence-electron chi connectivity index (χ0n) is 10.9. The molecule has 1 fully saturated rings. The van der Waals surface area contributed by atoms with Crippen molar-refractivity contribution in [2.75, 3.05) is 6.54 Å². The highest BCUT2D eigenvalue weighted by atomic mass is 79.9. The summed E-state index contributed by atoms with van der Waals surface area (Å²) in [7, 11) is -3.44. The summed E-state index contributed by atoms with van der Waals surface area (Å²) in [6.07, 6.45) is 2.01. The van der Waals surface area contributed by atoms with Crippen molar-refractivity contribution in [2.45, 2.75) is 37.6 Å². The monoisotopic (exact) mass is 409 g/mol. The summed E-state index contributed by atoms with van der Waals surface area (Å²) in [5.74, 6) is 0.414. The van der Waals surface area contributed by atoms with E-state index in [0.717, 1.165) is 17.3 Å². The summed E-state index contributed by atoms with van der Waals surface area (Å²) in [5.41, 5.74) is 0. The zero-order valence-corrected chi connectivity index (χ0v) is 14.9. The first kappa shape index (κ1) is 15.5. The molecule has 2 atom stereocenters. The molecule has 0 spiro atoms. The smallest absolute Gasteiger partial charge is 0.207 e. The van der Waals surface area contributed by atoms with Crippen molar-refractivity contribution in [2.24, 2.45) is 5.92 Å². The number of sulfonamides is 1. The lowest BCUT2D eigenvalue weighted by atomic mass is 9.97. The van der Waals surface area contributed by atoms with E-state index in [1.54, 1.807) is 16.4 Å². The molecule has 0 radical (unpaired) electrons. The van der Waals surface area contributed by atoms with E-state index in [9.17, 15) is 8.42 Å². The van der Waals surface area contributed by atoms with E-state index < -0.39 is 10.0 Å². The lowest BCUT2D eigenvalue weighted by Gasteiger charge is -2.35. The van der Waals surface area contributed by atoms with Crippen molar-refractivity contribution >= 4 is 41.9 Å². The number of nitrogens with zero attached hydrogens (tertiary/aromatic N) is 1. The Hall–Kier alpha value is 0.0900. The maximum Gasteiger partial charge on any atom is 0.244 e. The van der Waals surface area contributed by atoms with E-state index in [1.165, 1.54) is 0 Å². The molecule has 1 heterocycles. The normalized spacial score (nSPS) is 25.5. The van der Waals surface area contributed by atoms with Gasteiger partial charge in [0.05, 0.1) is 4.90 Å². The predicted octanol–water partition coefficient (Wildman–Crippen LogP) is 4.02. The molecule has 19 heavy (non-hydrogen) atoms. The average Bonchev–Trinajstić information content (AvgIpc) is 2.35. The fourth-order valence-electron chi connectivity index (χ4n) is 2.38. The summed E-state index contributed by atoms with van der Waals surface area (Å²) in [4.78, 5) is 0.336. The highest BCUT2D eigenvalue weighted by Crippen LogP contribution is 2.32. The van der Waals surface area contributed by atoms with Gasteiger partial charge in [0.25, 0.3) is 0 Å². The predicted molar refractivity (Wildman–Crippen MR) is 83.6 cm³/mol. The Labute approximate surface area is 131 Å². The highest BCUT2D eigenvalue weighted by Gasteiger charge is 2.34.